The summed E-state index contributed by atoms with van der Waals surface area (Å²) >= 11 is 11.5. The molecule has 3 N–H and O–H groups in total. The quantitative estimate of drug-likeness (QED) is 0.622. The highest BCUT2D eigenvalue weighted by Crippen LogP contribution is 2.40. The van der Waals surface area contributed by atoms with Crippen LogP contribution in [0.2, 0.25) is 10.0 Å². The molecule has 0 bridgehead atoms. The minimum absolute atomic E-state index is 0.0318. The van der Waals surface area contributed by atoms with Gasteiger partial charge in [-0.2, -0.15) is 23.4 Å². The molecular formula is C14H9Cl2F3N2O3. The average molecular weight is 381 g/mol. The normalized spacial score (nSPS) is 12.0. The predicted molar refractivity (Wildman–Crippen MR) is 81.1 cm³/mol. The summed E-state index contributed by atoms with van der Waals surface area (Å²) in [6.45, 7) is -0.314. The smallest absolute Gasteiger partial charge is 0.416 e. The topological polar surface area (TPSA) is 85.4 Å². The lowest BCUT2D eigenvalue weighted by molar-refractivity contribution is -0.137. The average Bonchev–Trinajstić information content (AvgIpc) is 2.42. The van der Waals surface area contributed by atoms with Gasteiger partial charge in [0.2, 0.25) is 0 Å². The number of azo groups is 1. The van der Waals surface area contributed by atoms with E-state index in [0.717, 1.165) is 12.1 Å². The molecule has 2 aromatic rings. The highest BCUT2D eigenvalue weighted by Gasteiger charge is 2.32. The van der Waals surface area contributed by atoms with Gasteiger partial charge in [-0.15, -0.1) is 0 Å². The van der Waals surface area contributed by atoms with Crippen LogP contribution in [0.1, 0.15) is 11.1 Å². The molecule has 0 amide bonds. The Morgan fingerprint density at radius 1 is 0.917 bits per heavy atom. The summed E-state index contributed by atoms with van der Waals surface area (Å²) in [4.78, 5) is 0. The SMILES string of the molecule is Oc1cc(O)c(CN=Nc2c(Cl)cc(C(F)(F)F)cc2Cl)c(O)c1. The Kier molecular flexibility index (Phi) is 5.10. The Labute approximate surface area is 143 Å². The van der Waals surface area contributed by atoms with Crippen molar-refractivity contribution in [2.75, 3.05) is 0 Å². The number of rotatable bonds is 3. The van der Waals surface area contributed by atoms with E-state index in [4.69, 9.17) is 23.2 Å². The van der Waals surface area contributed by atoms with Gasteiger partial charge in [-0.1, -0.05) is 23.2 Å². The van der Waals surface area contributed by atoms with Crippen molar-refractivity contribution in [3.63, 3.8) is 0 Å². The van der Waals surface area contributed by atoms with Crippen LogP contribution in [0.5, 0.6) is 17.2 Å². The van der Waals surface area contributed by atoms with Crippen LogP contribution < -0.4 is 0 Å². The minimum atomic E-state index is -4.60. The first-order chi connectivity index (χ1) is 11.1. The van der Waals surface area contributed by atoms with E-state index in [1.165, 1.54) is 0 Å². The van der Waals surface area contributed by atoms with Gasteiger partial charge in [-0.25, -0.2) is 0 Å². The van der Waals surface area contributed by atoms with Crippen LogP contribution in [0.4, 0.5) is 18.9 Å². The van der Waals surface area contributed by atoms with E-state index in [-0.39, 0.29) is 33.6 Å². The number of aromatic hydroxyl groups is 3. The number of halogens is 5. The standard InChI is InChI=1S/C14H9Cl2F3N2O3/c15-9-1-6(14(17,18)19)2-10(16)13(9)21-20-5-8-11(23)3-7(22)4-12(8)24/h1-4,22-24H,5H2. The molecule has 0 saturated carbocycles. The fraction of sp³-hybridized carbons (Fsp3) is 0.143. The molecule has 128 valence electrons. The van der Waals surface area contributed by atoms with Gasteiger partial charge in [0.1, 0.15) is 22.9 Å². The van der Waals surface area contributed by atoms with E-state index in [2.05, 4.69) is 10.2 Å². The van der Waals surface area contributed by atoms with Crippen molar-refractivity contribution in [2.45, 2.75) is 12.7 Å². The Morgan fingerprint density at radius 2 is 1.42 bits per heavy atom. The molecule has 0 fully saturated rings. The molecule has 0 aliphatic rings. The minimum Gasteiger partial charge on any atom is -0.508 e. The number of hydrogen-bond acceptors (Lipinski definition) is 5. The van der Waals surface area contributed by atoms with Gasteiger partial charge in [0.25, 0.3) is 0 Å². The Balaban J connectivity index is 2.28. The number of phenols is 3. The van der Waals surface area contributed by atoms with Gasteiger partial charge >= 0.3 is 6.18 Å². The third-order valence-electron chi connectivity index (χ3n) is 2.93. The largest absolute Gasteiger partial charge is 0.508 e. The maximum atomic E-state index is 12.6. The lowest BCUT2D eigenvalue weighted by Crippen LogP contribution is -2.04. The van der Waals surface area contributed by atoms with Crippen molar-refractivity contribution in [2.24, 2.45) is 10.2 Å². The molecule has 0 atom stereocenters. The third kappa shape index (κ3) is 4.01. The van der Waals surface area contributed by atoms with Crippen LogP contribution in [-0.4, -0.2) is 15.3 Å². The van der Waals surface area contributed by atoms with Crippen molar-refractivity contribution >= 4 is 28.9 Å². The molecule has 0 heterocycles. The summed E-state index contributed by atoms with van der Waals surface area (Å²) in [5.74, 6) is -1.19. The molecule has 5 nitrogen and oxygen atoms in total. The zero-order valence-electron chi connectivity index (χ0n) is 11.6. The van der Waals surface area contributed by atoms with E-state index in [0.29, 0.717) is 12.1 Å². The molecule has 0 radical (unpaired) electrons. The summed E-state index contributed by atoms with van der Waals surface area (Å²) < 4.78 is 37.9. The zero-order chi connectivity index (χ0) is 18.1. The maximum Gasteiger partial charge on any atom is 0.416 e. The molecule has 0 unspecified atom stereocenters. The van der Waals surface area contributed by atoms with Crippen molar-refractivity contribution in [1.29, 1.82) is 0 Å². The van der Waals surface area contributed by atoms with Crippen molar-refractivity contribution in [1.82, 2.24) is 0 Å². The first kappa shape index (κ1) is 18.2. The Morgan fingerprint density at radius 3 is 1.88 bits per heavy atom. The highest BCUT2D eigenvalue weighted by molar-refractivity contribution is 6.38. The molecule has 0 aromatic heterocycles. The van der Waals surface area contributed by atoms with Crippen LogP contribution in [0.15, 0.2) is 34.5 Å². The maximum absolute atomic E-state index is 12.6. The summed E-state index contributed by atoms with van der Waals surface area (Å²) in [7, 11) is 0. The van der Waals surface area contributed by atoms with Gasteiger partial charge in [0.15, 0.2) is 0 Å². The van der Waals surface area contributed by atoms with Gasteiger partial charge in [0.05, 0.1) is 27.7 Å². The van der Waals surface area contributed by atoms with Crippen LogP contribution in [0, 0.1) is 0 Å². The Hall–Kier alpha value is -2.19. The molecule has 0 saturated heterocycles. The van der Waals surface area contributed by atoms with Crippen molar-refractivity contribution < 1.29 is 28.5 Å². The molecule has 2 aromatic carbocycles. The molecule has 24 heavy (non-hydrogen) atoms. The first-order valence-corrected chi connectivity index (χ1v) is 7.02. The van der Waals surface area contributed by atoms with Crippen LogP contribution in [0.25, 0.3) is 0 Å². The molecule has 0 aliphatic heterocycles. The van der Waals surface area contributed by atoms with Crippen LogP contribution in [0.3, 0.4) is 0 Å². The number of hydrogen-bond donors (Lipinski definition) is 3. The van der Waals surface area contributed by atoms with Gasteiger partial charge < -0.3 is 15.3 Å². The second-order valence-corrected chi connectivity index (χ2v) is 5.46. The summed E-state index contributed by atoms with van der Waals surface area (Å²) in [6.07, 6.45) is -4.60. The number of benzene rings is 2. The Bertz CT molecular complexity index is 764. The highest BCUT2D eigenvalue weighted by atomic mass is 35.5. The predicted octanol–water partition coefficient (Wildman–Crippen LogP) is 5.41. The fourth-order valence-electron chi connectivity index (χ4n) is 1.79. The van der Waals surface area contributed by atoms with Crippen LogP contribution >= 0.6 is 23.2 Å². The molecule has 0 aliphatic carbocycles. The fourth-order valence-corrected chi connectivity index (χ4v) is 2.35. The lowest BCUT2D eigenvalue weighted by atomic mass is 10.1. The van der Waals surface area contributed by atoms with E-state index in [9.17, 15) is 28.5 Å². The summed E-state index contributed by atoms with van der Waals surface area (Å²) in [6, 6.07) is 3.31. The second-order valence-electron chi connectivity index (χ2n) is 4.65. The number of phenolic OH excluding ortho intramolecular Hbond substituents is 3. The molecular weight excluding hydrogens is 372 g/mol. The molecule has 0 spiro atoms. The van der Waals surface area contributed by atoms with E-state index in [1.54, 1.807) is 0 Å². The molecule has 2 rings (SSSR count). The monoisotopic (exact) mass is 380 g/mol. The van der Waals surface area contributed by atoms with E-state index < -0.39 is 23.2 Å². The third-order valence-corrected chi connectivity index (χ3v) is 3.51. The lowest BCUT2D eigenvalue weighted by Gasteiger charge is -2.09. The summed E-state index contributed by atoms with van der Waals surface area (Å²) in [5.41, 5.74) is -1.23. The second kappa shape index (κ2) is 6.74. The van der Waals surface area contributed by atoms with E-state index >= 15 is 0 Å². The van der Waals surface area contributed by atoms with Crippen LogP contribution in [-0.2, 0) is 12.7 Å². The zero-order valence-corrected chi connectivity index (χ0v) is 13.2. The van der Waals surface area contributed by atoms with Gasteiger partial charge in [-0.05, 0) is 12.1 Å². The van der Waals surface area contributed by atoms with Gasteiger partial charge in [0, 0.05) is 12.1 Å². The van der Waals surface area contributed by atoms with Crippen molar-refractivity contribution in [3.05, 3.63) is 45.4 Å². The van der Waals surface area contributed by atoms with Gasteiger partial charge in [-0.3, -0.25) is 0 Å². The number of alkyl halides is 3. The van der Waals surface area contributed by atoms with E-state index in [1.807, 2.05) is 0 Å². The van der Waals surface area contributed by atoms with Crippen molar-refractivity contribution in [3.8, 4) is 17.2 Å². The summed E-state index contributed by atoms with van der Waals surface area (Å²) in [5, 5.41) is 35.0. The first-order valence-electron chi connectivity index (χ1n) is 6.27. The number of nitrogens with zero attached hydrogens (tertiary/aromatic N) is 2. The molecule has 10 heteroatoms.